The lowest BCUT2D eigenvalue weighted by molar-refractivity contribution is 0.419. The van der Waals surface area contributed by atoms with Crippen molar-refractivity contribution in [3.05, 3.63) is 30.0 Å². The third-order valence-corrected chi connectivity index (χ3v) is 2.35. The summed E-state index contributed by atoms with van der Waals surface area (Å²) in [5, 5.41) is 1.22. The number of H-pyrrole nitrogens is 1. The smallest absolute Gasteiger partial charge is 0.128 e. The summed E-state index contributed by atoms with van der Waals surface area (Å²) in [4.78, 5) is 3.23. The average Bonchev–Trinajstić information content (AvgIpc) is 2.60. The SMILES string of the molecule is CCc1c[nH]c2cccc(OC)c12. The minimum absolute atomic E-state index is 0.954. The molecule has 0 spiro atoms. The van der Waals surface area contributed by atoms with Crippen LogP contribution in [0.4, 0.5) is 0 Å². The minimum atomic E-state index is 0.954. The number of rotatable bonds is 2. The van der Waals surface area contributed by atoms with Crippen LogP contribution in [0.25, 0.3) is 10.9 Å². The Kier molecular flexibility index (Phi) is 1.97. The van der Waals surface area contributed by atoms with Crippen molar-refractivity contribution in [2.24, 2.45) is 0 Å². The van der Waals surface area contributed by atoms with E-state index in [4.69, 9.17) is 4.74 Å². The molecule has 2 rings (SSSR count). The van der Waals surface area contributed by atoms with Crippen LogP contribution < -0.4 is 4.74 Å². The van der Waals surface area contributed by atoms with Crippen LogP contribution >= 0.6 is 0 Å². The zero-order valence-corrected chi connectivity index (χ0v) is 7.92. The molecule has 0 saturated carbocycles. The van der Waals surface area contributed by atoms with Crippen molar-refractivity contribution in [1.29, 1.82) is 0 Å². The van der Waals surface area contributed by atoms with Crippen LogP contribution in [-0.2, 0) is 6.42 Å². The van der Waals surface area contributed by atoms with Crippen molar-refractivity contribution < 1.29 is 4.74 Å². The standard InChI is InChI=1S/C11H13NO/c1-3-8-7-12-9-5-4-6-10(13-2)11(8)9/h4-7,12H,3H2,1-2H3. The highest BCUT2D eigenvalue weighted by Gasteiger charge is 2.06. The summed E-state index contributed by atoms with van der Waals surface area (Å²) in [6, 6.07) is 6.06. The molecule has 2 aromatic rings. The molecule has 1 heterocycles. The summed E-state index contributed by atoms with van der Waals surface area (Å²) in [6.45, 7) is 2.15. The molecule has 1 aromatic heterocycles. The first kappa shape index (κ1) is 8.17. The van der Waals surface area contributed by atoms with Crippen LogP contribution in [0.3, 0.4) is 0 Å². The molecule has 1 aromatic carbocycles. The van der Waals surface area contributed by atoms with Crippen LogP contribution in [0, 0.1) is 0 Å². The van der Waals surface area contributed by atoms with Crippen molar-refractivity contribution in [3.8, 4) is 5.75 Å². The van der Waals surface area contributed by atoms with Gasteiger partial charge in [-0.2, -0.15) is 0 Å². The summed E-state index contributed by atoms with van der Waals surface area (Å²) in [5.74, 6) is 0.954. The van der Waals surface area contributed by atoms with Gasteiger partial charge in [0.2, 0.25) is 0 Å². The minimum Gasteiger partial charge on any atom is -0.496 e. The maximum atomic E-state index is 5.31. The van der Waals surface area contributed by atoms with E-state index in [0.29, 0.717) is 0 Å². The highest BCUT2D eigenvalue weighted by molar-refractivity contribution is 5.89. The molecule has 1 N–H and O–H groups in total. The number of methoxy groups -OCH3 is 1. The maximum Gasteiger partial charge on any atom is 0.128 e. The molecule has 0 aliphatic carbocycles. The van der Waals surface area contributed by atoms with Gasteiger partial charge in [-0.1, -0.05) is 13.0 Å². The quantitative estimate of drug-likeness (QED) is 0.745. The van der Waals surface area contributed by atoms with Crippen molar-refractivity contribution in [2.45, 2.75) is 13.3 Å². The Morgan fingerprint density at radius 2 is 2.23 bits per heavy atom. The van der Waals surface area contributed by atoms with Crippen molar-refractivity contribution in [1.82, 2.24) is 4.98 Å². The Morgan fingerprint density at radius 1 is 1.38 bits per heavy atom. The van der Waals surface area contributed by atoms with Crippen LogP contribution in [0.5, 0.6) is 5.75 Å². The third-order valence-electron chi connectivity index (χ3n) is 2.35. The van der Waals surface area contributed by atoms with E-state index in [9.17, 15) is 0 Å². The molecule has 0 unspecified atom stereocenters. The number of nitrogens with one attached hydrogen (secondary N) is 1. The van der Waals surface area contributed by atoms with E-state index < -0.39 is 0 Å². The molecule has 2 heteroatoms. The molecule has 13 heavy (non-hydrogen) atoms. The number of aromatic amines is 1. The van der Waals surface area contributed by atoms with Gasteiger partial charge in [-0.05, 0) is 24.1 Å². The van der Waals surface area contributed by atoms with E-state index >= 15 is 0 Å². The van der Waals surface area contributed by atoms with E-state index in [1.807, 2.05) is 18.3 Å². The predicted molar refractivity (Wildman–Crippen MR) is 54.2 cm³/mol. The lowest BCUT2D eigenvalue weighted by Crippen LogP contribution is -1.85. The van der Waals surface area contributed by atoms with E-state index in [0.717, 1.165) is 17.7 Å². The lowest BCUT2D eigenvalue weighted by Gasteiger charge is -2.02. The molecule has 0 fully saturated rings. The molecule has 0 radical (unpaired) electrons. The Hall–Kier alpha value is -1.44. The van der Waals surface area contributed by atoms with E-state index in [1.165, 1.54) is 10.9 Å². The molecule has 0 aliphatic heterocycles. The third kappa shape index (κ3) is 1.18. The van der Waals surface area contributed by atoms with Gasteiger partial charge in [-0.3, -0.25) is 0 Å². The summed E-state index contributed by atoms with van der Waals surface area (Å²) < 4.78 is 5.31. The first-order valence-corrected chi connectivity index (χ1v) is 4.49. The lowest BCUT2D eigenvalue weighted by atomic mass is 10.1. The topological polar surface area (TPSA) is 25.0 Å². The van der Waals surface area contributed by atoms with Gasteiger partial charge >= 0.3 is 0 Å². The van der Waals surface area contributed by atoms with Crippen LogP contribution in [0.15, 0.2) is 24.4 Å². The average molecular weight is 175 g/mol. The summed E-state index contributed by atoms with van der Waals surface area (Å²) in [7, 11) is 1.71. The van der Waals surface area contributed by atoms with Gasteiger partial charge in [0, 0.05) is 17.1 Å². The normalized spacial score (nSPS) is 10.6. The first-order chi connectivity index (χ1) is 6.36. The van der Waals surface area contributed by atoms with Gasteiger partial charge in [0.25, 0.3) is 0 Å². The number of aromatic nitrogens is 1. The molecular weight excluding hydrogens is 162 g/mol. The molecule has 0 aliphatic rings. The second kappa shape index (κ2) is 3.13. The van der Waals surface area contributed by atoms with Crippen LogP contribution in [0.2, 0.25) is 0 Å². The molecule has 0 amide bonds. The van der Waals surface area contributed by atoms with Gasteiger partial charge in [0.05, 0.1) is 7.11 Å². The highest BCUT2D eigenvalue weighted by atomic mass is 16.5. The van der Waals surface area contributed by atoms with E-state index in [2.05, 4.69) is 18.0 Å². The largest absolute Gasteiger partial charge is 0.496 e. The second-order valence-corrected chi connectivity index (χ2v) is 3.05. The van der Waals surface area contributed by atoms with Crippen molar-refractivity contribution in [2.75, 3.05) is 7.11 Å². The highest BCUT2D eigenvalue weighted by Crippen LogP contribution is 2.28. The second-order valence-electron chi connectivity index (χ2n) is 3.05. The number of hydrogen-bond acceptors (Lipinski definition) is 1. The monoisotopic (exact) mass is 175 g/mol. The fourth-order valence-corrected chi connectivity index (χ4v) is 1.67. The molecule has 0 atom stereocenters. The number of ether oxygens (including phenoxy) is 1. The van der Waals surface area contributed by atoms with Crippen LogP contribution in [0.1, 0.15) is 12.5 Å². The summed E-state index contributed by atoms with van der Waals surface area (Å²) in [5.41, 5.74) is 2.46. The Labute approximate surface area is 77.5 Å². The Bertz CT molecular complexity index is 417. The molecule has 68 valence electrons. The first-order valence-electron chi connectivity index (χ1n) is 4.49. The van der Waals surface area contributed by atoms with Gasteiger partial charge in [0.1, 0.15) is 5.75 Å². The number of fused-ring (bicyclic) bond motifs is 1. The van der Waals surface area contributed by atoms with E-state index in [-0.39, 0.29) is 0 Å². The Balaban J connectivity index is 2.76. The van der Waals surface area contributed by atoms with Crippen molar-refractivity contribution >= 4 is 10.9 Å². The van der Waals surface area contributed by atoms with E-state index in [1.54, 1.807) is 7.11 Å². The van der Waals surface area contributed by atoms with Gasteiger partial charge in [-0.15, -0.1) is 0 Å². The number of aryl methyl sites for hydroxylation is 1. The van der Waals surface area contributed by atoms with Gasteiger partial charge in [-0.25, -0.2) is 0 Å². The molecule has 0 bridgehead atoms. The number of hydrogen-bond donors (Lipinski definition) is 1. The summed E-state index contributed by atoms with van der Waals surface area (Å²) in [6.07, 6.45) is 3.08. The Morgan fingerprint density at radius 3 is 2.92 bits per heavy atom. The summed E-state index contributed by atoms with van der Waals surface area (Å²) >= 11 is 0. The zero-order chi connectivity index (χ0) is 9.26. The molecule has 0 saturated heterocycles. The predicted octanol–water partition coefficient (Wildman–Crippen LogP) is 2.74. The zero-order valence-electron chi connectivity index (χ0n) is 7.92. The van der Waals surface area contributed by atoms with Crippen molar-refractivity contribution in [3.63, 3.8) is 0 Å². The van der Waals surface area contributed by atoms with Gasteiger partial charge in [0.15, 0.2) is 0 Å². The fourth-order valence-electron chi connectivity index (χ4n) is 1.67. The maximum absolute atomic E-state index is 5.31. The molecular formula is C11H13NO. The fraction of sp³-hybridized carbons (Fsp3) is 0.273. The van der Waals surface area contributed by atoms with Gasteiger partial charge < -0.3 is 9.72 Å². The number of benzene rings is 1. The van der Waals surface area contributed by atoms with Crippen LogP contribution in [-0.4, -0.2) is 12.1 Å². The molecule has 2 nitrogen and oxygen atoms in total.